The topological polar surface area (TPSA) is 67.9 Å². The molecule has 2 amide bonds. The van der Waals surface area contributed by atoms with Gasteiger partial charge in [-0.2, -0.15) is 0 Å². The number of hydrogen-bond donors (Lipinski definition) is 1. The smallest absolute Gasteiger partial charge is 0.266 e. The average molecular weight is 533 g/mol. The standard InChI is InChI=1S/C23H21BrN2O4S2/c1-4-9-26-22(28)20(32-23(26)31)12-15-5-8-18(19(11-15)29-3)30-13-21(27)25-17-7-6-16(24)10-14(17)2/h4-8,10-12H,1,9,13H2,2-3H3,(H,25,27)/b20-12-. The third-order valence-corrected chi connectivity index (χ3v) is 6.36. The second-order valence-corrected chi connectivity index (χ2v) is 9.38. The molecule has 0 unspecified atom stereocenters. The summed E-state index contributed by atoms with van der Waals surface area (Å²) in [5, 5.41) is 2.83. The number of halogens is 1. The molecule has 2 aromatic carbocycles. The van der Waals surface area contributed by atoms with Crippen molar-refractivity contribution >= 4 is 67.8 Å². The van der Waals surface area contributed by atoms with Crippen molar-refractivity contribution in [2.75, 3.05) is 25.6 Å². The highest BCUT2D eigenvalue weighted by molar-refractivity contribution is 9.10. The van der Waals surface area contributed by atoms with Crippen molar-refractivity contribution in [2.24, 2.45) is 0 Å². The number of benzene rings is 2. The summed E-state index contributed by atoms with van der Waals surface area (Å²) in [5.41, 5.74) is 2.41. The summed E-state index contributed by atoms with van der Waals surface area (Å²) in [6.07, 6.45) is 3.38. The molecule has 0 spiro atoms. The molecule has 9 heteroatoms. The minimum Gasteiger partial charge on any atom is -0.493 e. The van der Waals surface area contributed by atoms with E-state index in [2.05, 4.69) is 27.8 Å². The molecule has 1 aliphatic heterocycles. The molecule has 0 radical (unpaired) electrons. The van der Waals surface area contributed by atoms with Crippen LogP contribution in [0.15, 0.2) is 58.4 Å². The van der Waals surface area contributed by atoms with Gasteiger partial charge in [0.05, 0.1) is 12.0 Å². The van der Waals surface area contributed by atoms with Crippen molar-refractivity contribution in [1.29, 1.82) is 0 Å². The highest BCUT2D eigenvalue weighted by atomic mass is 79.9. The molecule has 1 N–H and O–H groups in total. The molecule has 0 bridgehead atoms. The normalized spacial score (nSPS) is 14.6. The van der Waals surface area contributed by atoms with Gasteiger partial charge in [0.25, 0.3) is 11.8 Å². The van der Waals surface area contributed by atoms with E-state index in [0.29, 0.717) is 27.3 Å². The monoisotopic (exact) mass is 532 g/mol. The first-order valence-corrected chi connectivity index (χ1v) is 11.6. The maximum atomic E-state index is 12.5. The summed E-state index contributed by atoms with van der Waals surface area (Å²) in [7, 11) is 1.51. The first kappa shape index (κ1) is 24.0. The van der Waals surface area contributed by atoms with Crippen LogP contribution in [-0.2, 0) is 9.59 Å². The van der Waals surface area contributed by atoms with Crippen LogP contribution in [0.4, 0.5) is 5.69 Å². The summed E-state index contributed by atoms with van der Waals surface area (Å²) in [6.45, 7) is 5.76. The van der Waals surface area contributed by atoms with Crippen LogP contribution in [-0.4, -0.2) is 41.3 Å². The largest absolute Gasteiger partial charge is 0.493 e. The number of hydrogen-bond acceptors (Lipinski definition) is 6. The summed E-state index contributed by atoms with van der Waals surface area (Å²) in [4.78, 5) is 26.8. The number of anilines is 1. The fraction of sp³-hybridized carbons (Fsp3) is 0.174. The number of thioether (sulfide) groups is 1. The van der Waals surface area contributed by atoms with Crippen LogP contribution >= 0.6 is 39.9 Å². The number of ether oxygens (including phenoxy) is 2. The summed E-state index contributed by atoms with van der Waals surface area (Å²) >= 11 is 9.91. The number of aryl methyl sites for hydroxylation is 1. The van der Waals surface area contributed by atoms with Crippen LogP contribution in [0, 0.1) is 6.92 Å². The van der Waals surface area contributed by atoms with E-state index in [9.17, 15) is 9.59 Å². The maximum absolute atomic E-state index is 12.5. The maximum Gasteiger partial charge on any atom is 0.266 e. The Morgan fingerprint density at radius 3 is 2.75 bits per heavy atom. The van der Waals surface area contributed by atoms with E-state index < -0.39 is 0 Å². The number of nitrogens with one attached hydrogen (secondary N) is 1. The van der Waals surface area contributed by atoms with Gasteiger partial charge in [-0.1, -0.05) is 52.1 Å². The molecule has 0 aliphatic carbocycles. The van der Waals surface area contributed by atoms with Gasteiger partial charge < -0.3 is 14.8 Å². The molecule has 1 heterocycles. The molecule has 0 atom stereocenters. The highest BCUT2D eigenvalue weighted by Gasteiger charge is 2.31. The lowest BCUT2D eigenvalue weighted by Gasteiger charge is -2.13. The van der Waals surface area contributed by atoms with Crippen molar-refractivity contribution in [1.82, 2.24) is 4.90 Å². The van der Waals surface area contributed by atoms with E-state index in [1.165, 1.54) is 23.8 Å². The van der Waals surface area contributed by atoms with E-state index in [4.69, 9.17) is 21.7 Å². The van der Waals surface area contributed by atoms with E-state index in [1.54, 1.807) is 30.4 Å². The van der Waals surface area contributed by atoms with Crippen LogP contribution in [0.3, 0.4) is 0 Å². The van der Waals surface area contributed by atoms with Crippen molar-refractivity contribution in [2.45, 2.75) is 6.92 Å². The van der Waals surface area contributed by atoms with Gasteiger partial charge in [-0.05, 0) is 54.5 Å². The van der Waals surface area contributed by atoms with E-state index >= 15 is 0 Å². The lowest BCUT2D eigenvalue weighted by atomic mass is 10.2. The van der Waals surface area contributed by atoms with E-state index in [0.717, 1.165) is 21.3 Å². The van der Waals surface area contributed by atoms with Gasteiger partial charge in [0, 0.05) is 16.7 Å². The van der Waals surface area contributed by atoms with Gasteiger partial charge in [0.15, 0.2) is 18.1 Å². The van der Waals surface area contributed by atoms with Crippen LogP contribution in [0.2, 0.25) is 0 Å². The predicted molar refractivity (Wildman–Crippen MR) is 136 cm³/mol. The van der Waals surface area contributed by atoms with E-state index in [1.807, 2.05) is 25.1 Å². The van der Waals surface area contributed by atoms with Crippen molar-refractivity contribution in [3.05, 3.63) is 69.6 Å². The minimum absolute atomic E-state index is 0.154. The zero-order valence-electron chi connectivity index (χ0n) is 17.5. The lowest BCUT2D eigenvalue weighted by Crippen LogP contribution is -2.27. The molecule has 3 rings (SSSR count). The van der Waals surface area contributed by atoms with Crippen LogP contribution < -0.4 is 14.8 Å². The van der Waals surface area contributed by atoms with Gasteiger partial charge in [-0.25, -0.2) is 0 Å². The number of carbonyl (C=O) groups excluding carboxylic acids is 2. The Bertz CT molecular complexity index is 1120. The number of rotatable bonds is 8. The molecule has 2 aromatic rings. The molecule has 32 heavy (non-hydrogen) atoms. The number of thiocarbonyl (C=S) groups is 1. The Morgan fingerprint density at radius 1 is 1.28 bits per heavy atom. The molecule has 1 saturated heterocycles. The van der Waals surface area contributed by atoms with Crippen LogP contribution in [0.1, 0.15) is 11.1 Å². The molecule has 1 aliphatic rings. The zero-order valence-corrected chi connectivity index (χ0v) is 20.7. The Labute approximate surface area is 204 Å². The Hall–Kier alpha value is -2.62. The highest BCUT2D eigenvalue weighted by Crippen LogP contribution is 2.34. The summed E-state index contributed by atoms with van der Waals surface area (Å²) in [6, 6.07) is 10.8. The second-order valence-electron chi connectivity index (χ2n) is 6.79. The molecule has 6 nitrogen and oxygen atoms in total. The Kier molecular flexibility index (Phi) is 8.11. The van der Waals surface area contributed by atoms with Crippen molar-refractivity contribution in [3.8, 4) is 11.5 Å². The third kappa shape index (κ3) is 5.79. The third-order valence-electron chi connectivity index (χ3n) is 4.49. The average Bonchev–Trinajstić information content (AvgIpc) is 3.02. The first-order valence-electron chi connectivity index (χ1n) is 9.55. The van der Waals surface area contributed by atoms with Gasteiger partial charge in [-0.15, -0.1) is 6.58 Å². The van der Waals surface area contributed by atoms with Crippen molar-refractivity contribution < 1.29 is 19.1 Å². The number of amides is 2. The van der Waals surface area contributed by atoms with Gasteiger partial charge in [0.2, 0.25) is 0 Å². The second kappa shape index (κ2) is 10.8. The van der Waals surface area contributed by atoms with Crippen LogP contribution in [0.25, 0.3) is 6.08 Å². The predicted octanol–water partition coefficient (Wildman–Crippen LogP) is 5.17. The number of carbonyl (C=O) groups is 2. The summed E-state index contributed by atoms with van der Waals surface area (Å²) < 4.78 is 12.5. The molecule has 166 valence electrons. The molecule has 1 fully saturated rings. The lowest BCUT2D eigenvalue weighted by molar-refractivity contribution is -0.121. The van der Waals surface area contributed by atoms with E-state index in [-0.39, 0.29) is 18.4 Å². The van der Waals surface area contributed by atoms with Crippen LogP contribution in [0.5, 0.6) is 11.5 Å². The number of methoxy groups -OCH3 is 1. The fourth-order valence-electron chi connectivity index (χ4n) is 2.93. The number of nitrogens with zero attached hydrogens (tertiary/aromatic N) is 1. The Balaban J connectivity index is 1.68. The van der Waals surface area contributed by atoms with Gasteiger partial charge in [-0.3, -0.25) is 14.5 Å². The summed E-state index contributed by atoms with van der Waals surface area (Å²) in [5.74, 6) is 0.436. The molecular weight excluding hydrogens is 512 g/mol. The SMILES string of the molecule is C=CCN1C(=O)/C(=C/c2ccc(OCC(=O)Nc3ccc(Br)cc3C)c(OC)c2)SC1=S. The molecule has 0 saturated carbocycles. The fourth-order valence-corrected chi connectivity index (χ4v) is 4.68. The Morgan fingerprint density at radius 2 is 2.06 bits per heavy atom. The molecule has 0 aromatic heterocycles. The first-order chi connectivity index (χ1) is 15.3. The van der Waals surface area contributed by atoms with Crippen molar-refractivity contribution in [3.63, 3.8) is 0 Å². The quantitative estimate of drug-likeness (QED) is 0.287. The minimum atomic E-state index is -0.285. The van der Waals surface area contributed by atoms with Gasteiger partial charge in [0.1, 0.15) is 4.32 Å². The van der Waals surface area contributed by atoms with Gasteiger partial charge >= 0.3 is 0 Å². The zero-order chi connectivity index (χ0) is 23.3. The molecular formula is C23H21BrN2O4S2.